The lowest BCUT2D eigenvalue weighted by Crippen LogP contribution is -2.48. The highest BCUT2D eigenvalue weighted by Gasteiger charge is 2.26. The van der Waals surface area contributed by atoms with Gasteiger partial charge in [-0.05, 0) is 19.5 Å². The second kappa shape index (κ2) is 3.69. The number of rotatable bonds is 3. The Morgan fingerprint density at radius 3 is 2.50 bits per heavy atom. The maximum absolute atomic E-state index is 2.70. The summed E-state index contributed by atoms with van der Waals surface area (Å²) in [6, 6.07) is 0.867. The van der Waals surface area contributed by atoms with Crippen LogP contribution in [0, 0.1) is 0 Å². The van der Waals surface area contributed by atoms with E-state index in [0.717, 1.165) is 6.04 Å². The van der Waals surface area contributed by atoms with Crippen LogP contribution in [0.3, 0.4) is 0 Å². The van der Waals surface area contributed by atoms with E-state index in [4.69, 9.17) is 0 Å². The molecule has 0 radical (unpaired) electrons. The van der Waals surface area contributed by atoms with Gasteiger partial charge in [0.15, 0.2) is 0 Å². The summed E-state index contributed by atoms with van der Waals surface area (Å²) < 4.78 is 2.70. The highest BCUT2D eigenvalue weighted by molar-refractivity contribution is 6.84. The first kappa shape index (κ1) is 8.49. The fourth-order valence-corrected chi connectivity index (χ4v) is 8.72. The van der Waals surface area contributed by atoms with E-state index in [1.165, 1.54) is 6.42 Å². The first-order chi connectivity index (χ1) is 4.75. The molecule has 1 heterocycles. The average Bonchev–Trinajstić information content (AvgIpc) is 1.82. The maximum Gasteiger partial charge on any atom is 0.105 e. The van der Waals surface area contributed by atoms with Crippen molar-refractivity contribution in [1.82, 2.24) is 4.57 Å². The first-order valence-electron chi connectivity index (χ1n) is 4.47. The quantitative estimate of drug-likeness (QED) is 0.563. The van der Waals surface area contributed by atoms with Gasteiger partial charge in [0.05, 0.1) is 0 Å². The van der Waals surface area contributed by atoms with Crippen LogP contribution >= 0.6 is 0 Å². The molecule has 1 saturated heterocycles. The molecule has 10 heavy (non-hydrogen) atoms. The lowest BCUT2D eigenvalue weighted by Gasteiger charge is -2.36. The van der Waals surface area contributed by atoms with Crippen molar-refractivity contribution >= 4 is 18.5 Å². The zero-order chi connectivity index (χ0) is 7.56. The van der Waals surface area contributed by atoms with Crippen LogP contribution in [-0.4, -0.2) is 36.1 Å². The zero-order valence-electron chi connectivity index (χ0n) is 7.43. The van der Waals surface area contributed by atoms with Gasteiger partial charge in [0.2, 0.25) is 0 Å². The minimum atomic E-state index is -0.275. The van der Waals surface area contributed by atoms with Crippen LogP contribution in [0.5, 0.6) is 0 Å². The molecule has 1 fully saturated rings. The minimum Gasteiger partial charge on any atom is -0.327 e. The monoisotopic (exact) mass is 173 g/mol. The van der Waals surface area contributed by atoms with Gasteiger partial charge in [-0.2, -0.15) is 0 Å². The maximum atomic E-state index is 2.70. The average molecular weight is 173 g/mol. The van der Waals surface area contributed by atoms with Crippen molar-refractivity contribution in [1.29, 1.82) is 0 Å². The number of hydrogen-bond acceptors (Lipinski definition) is 1. The Kier molecular flexibility index (Phi) is 3.13. The Hall–Kier alpha value is 0.394. The van der Waals surface area contributed by atoms with Crippen molar-refractivity contribution in [3.05, 3.63) is 0 Å². The Balaban J connectivity index is 2.24. The molecule has 0 aromatic heterocycles. The molecule has 0 N–H and O–H groups in total. The zero-order valence-corrected chi connectivity index (χ0v) is 10.00. The van der Waals surface area contributed by atoms with Crippen molar-refractivity contribution in [3.63, 3.8) is 0 Å². The summed E-state index contributed by atoms with van der Waals surface area (Å²) in [6.45, 7) is 4.67. The topological polar surface area (TPSA) is 3.24 Å². The van der Waals surface area contributed by atoms with Crippen molar-refractivity contribution < 1.29 is 0 Å². The molecule has 0 bridgehead atoms. The summed E-state index contributed by atoms with van der Waals surface area (Å²) in [5, 5.41) is 0. The van der Waals surface area contributed by atoms with Crippen molar-refractivity contribution in [2.24, 2.45) is 0 Å². The SMILES string of the molecule is CCC(C)N(C)[SiH]1C[SiH2]C1. The lowest BCUT2D eigenvalue weighted by atomic mass is 10.3. The van der Waals surface area contributed by atoms with E-state index in [2.05, 4.69) is 25.5 Å². The predicted octanol–water partition coefficient (Wildman–Crippen LogP) is 0.538. The standard InChI is InChI=1S/C7H19NSi2/c1-4-7(2)8(3)10-5-9-6-10/h7,10H,4-6,9H2,1-3H3. The van der Waals surface area contributed by atoms with Crippen LogP contribution in [0.1, 0.15) is 20.3 Å². The molecular formula is C7H19NSi2. The molecule has 0 aliphatic carbocycles. The molecule has 3 heteroatoms. The van der Waals surface area contributed by atoms with Gasteiger partial charge in [0.25, 0.3) is 0 Å². The third-order valence-electron chi connectivity index (χ3n) is 2.94. The molecule has 0 aromatic carbocycles. The van der Waals surface area contributed by atoms with E-state index in [-0.39, 0.29) is 8.96 Å². The van der Waals surface area contributed by atoms with Crippen LogP contribution < -0.4 is 0 Å². The van der Waals surface area contributed by atoms with E-state index < -0.39 is 0 Å². The summed E-state index contributed by atoms with van der Waals surface area (Å²) in [5.74, 6) is 0. The van der Waals surface area contributed by atoms with Gasteiger partial charge in [0, 0.05) is 9.52 Å². The molecule has 1 unspecified atom stereocenters. The van der Waals surface area contributed by atoms with Crippen molar-refractivity contribution in [3.8, 4) is 0 Å². The third kappa shape index (κ3) is 1.71. The largest absolute Gasteiger partial charge is 0.327 e. The molecule has 1 rings (SSSR count). The third-order valence-corrected chi connectivity index (χ3v) is 13.2. The van der Waals surface area contributed by atoms with Crippen LogP contribution in [0.15, 0.2) is 0 Å². The molecule has 0 saturated carbocycles. The van der Waals surface area contributed by atoms with E-state index in [1.54, 1.807) is 11.3 Å². The summed E-state index contributed by atoms with van der Waals surface area (Å²) >= 11 is 0. The molecule has 1 aliphatic rings. The Morgan fingerprint density at radius 2 is 2.20 bits per heavy atom. The van der Waals surface area contributed by atoms with Gasteiger partial charge in [0.1, 0.15) is 8.96 Å². The second-order valence-corrected chi connectivity index (χ2v) is 11.0. The Morgan fingerprint density at radius 1 is 1.60 bits per heavy atom. The van der Waals surface area contributed by atoms with Crippen LogP contribution in [0.4, 0.5) is 0 Å². The van der Waals surface area contributed by atoms with Gasteiger partial charge in [-0.25, -0.2) is 0 Å². The highest BCUT2D eigenvalue weighted by Crippen LogP contribution is 2.17. The number of nitrogens with zero attached hydrogens (tertiary/aromatic N) is 1. The smallest absolute Gasteiger partial charge is 0.105 e. The van der Waals surface area contributed by atoms with Gasteiger partial charge < -0.3 is 4.57 Å². The molecule has 1 aliphatic heterocycles. The van der Waals surface area contributed by atoms with Crippen molar-refractivity contribution in [2.45, 2.75) is 37.6 Å². The fourth-order valence-electron chi connectivity index (χ4n) is 1.44. The molecule has 1 nitrogen and oxygen atoms in total. The minimum absolute atomic E-state index is 0.275. The molecule has 0 amide bonds. The Labute approximate surface area is 68.3 Å². The van der Waals surface area contributed by atoms with Gasteiger partial charge in [-0.3, -0.25) is 0 Å². The van der Waals surface area contributed by atoms with Crippen molar-refractivity contribution in [2.75, 3.05) is 7.05 Å². The van der Waals surface area contributed by atoms with E-state index >= 15 is 0 Å². The molecule has 1 atom stereocenters. The van der Waals surface area contributed by atoms with E-state index in [9.17, 15) is 0 Å². The van der Waals surface area contributed by atoms with Gasteiger partial charge >= 0.3 is 0 Å². The normalized spacial score (nSPS) is 30.6. The summed E-state index contributed by atoms with van der Waals surface area (Å²) in [7, 11) is 2.57. The molecule has 60 valence electrons. The molecule has 0 aromatic rings. The molecule has 0 spiro atoms. The van der Waals surface area contributed by atoms with Gasteiger partial charge in [-0.1, -0.05) is 25.2 Å². The number of hydrogen-bond donors (Lipinski definition) is 0. The highest BCUT2D eigenvalue weighted by atomic mass is 28.4. The van der Waals surface area contributed by atoms with E-state index in [1.807, 2.05) is 0 Å². The lowest BCUT2D eigenvalue weighted by molar-refractivity contribution is 0.391. The predicted molar refractivity (Wildman–Crippen MR) is 52.8 cm³/mol. The first-order valence-corrected chi connectivity index (χ1v) is 8.62. The fraction of sp³-hybridized carbons (Fsp3) is 1.00. The second-order valence-electron chi connectivity index (χ2n) is 3.51. The van der Waals surface area contributed by atoms with Gasteiger partial charge in [-0.15, -0.1) is 0 Å². The molecular weight excluding hydrogens is 154 g/mol. The summed E-state index contributed by atoms with van der Waals surface area (Å²) in [4.78, 5) is 0. The van der Waals surface area contributed by atoms with Crippen LogP contribution in [-0.2, 0) is 0 Å². The van der Waals surface area contributed by atoms with Crippen LogP contribution in [0.2, 0.25) is 11.3 Å². The van der Waals surface area contributed by atoms with E-state index in [0.29, 0.717) is 9.52 Å². The summed E-state index contributed by atoms with van der Waals surface area (Å²) in [6.07, 6.45) is 1.33. The summed E-state index contributed by atoms with van der Waals surface area (Å²) in [5.41, 5.74) is 3.42. The van der Waals surface area contributed by atoms with Crippen LogP contribution in [0.25, 0.3) is 0 Å². The Bertz CT molecular complexity index is 99.0.